The molecule has 1 aromatic carbocycles. The summed E-state index contributed by atoms with van der Waals surface area (Å²) in [4.78, 5) is 22.8. The van der Waals surface area contributed by atoms with E-state index in [1.807, 2.05) is 0 Å². The van der Waals surface area contributed by atoms with Crippen LogP contribution in [0.4, 0.5) is 18.9 Å². The first-order valence-corrected chi connectivity index (χ1v) is 6.95. The summed E-state index contributed by atoms with van der Waals surface area (Å²) in [5, 5.41) is 10.9. The minimum absolute atomic E-state index is 0.0108. The number of hydrogen-bond acceptors (Lipinski definition) is 3. The summed E-state index contributed by atoms with van der Waals surface area (Å²) >= 11 is 2.99. The predicted molar refractivity (Wildman–Crippen MR) is 73.6 cm³/mol. The maximum Gasteiger partial charge on any atom is 0.406 e. The third-order valence-electron chi connectivity index (χ3n) is 2.65. The number of hydrogen-bond donors (Lipinski definition) is 0. The van der Waals surface area contributed by atoms with Gasteiger partial charge in [-0.05, 0) is 19.1 Å². The highest BCUT2D eigenvalue weighted by Gasteiger charge is 2.33. The monoisotopic (exact) mass is 368 g/mol. The second kappa shape index (κ2) is 6.88. The minimum atomic E-state index is -4.51. The fourth-order valence-corrected chi connectivity index (χ4v) is 2.17. The van der Waals surface area contributed by atoms with E-state index in [4.69, 9.17) is 0 Å². The van der Waals surface area contributed by atoms with Gasteiger partial charge in [0.1, 0.15) is 6.54 Å². The van der Waals surface area contributed by atoms with Gasteiger partial charge in [-0.1, -0.05) is 15.9 Å². The molecule has 0 aromatic heterocycles. The molecule has 0 atom stereocenters. The van der Waals surface area contributed by atoms with Gasteiger partial charge in [0.15, 0.2) is 0 Å². The lowest BCUT2D eigenvalue weighted by molar-refractivity contribution is -0.385. The first kappa shape index (κ1) is 17.4. The van der Waals surface area contributed by atoms with Gasteiger partial charge in [0, 0.05) is 29.1 Å². The Morgan fingerprint density at radius 1 is 1.43 bits per heavy atom. The maximum atomic E-state index is 12.5. The molecular weight excluding hydrogens is 357 g/mol. The molecule has 1 aromatic rings. The van der Waals surface area contributed by atoms with E-state index >= 15 is 0 Å². The Morgan fingerprint density at radius 3 is 2.48 bits per heavy atom. The zero-order valence-electron chi connectivity index (χ0n) is 11.0. The Bertz CT molecular complexity index is 549. The van der Waals surface area contributed by atoms with Crippen molar-refractivity contribution in [3.05, 3.63) is 39.4 Å². The molecule has 1 amide bonds. The molecule has 21 heavy (non-hydrogen) atoms. The molecule has 0 aliphatic carbocycles. The largest absolute Gasteiger partial charge is 0.406 e. The topological polar surface area (TPSA) is 63.5 Å². The average Bonchev–Trinajstić information content (AvgIpc) is 2.35. The molecule has 1 rings (SSSR count). The maximum absolute atomic E-state index is 12.5. The predicted octanol–water partition coefficient (Wildman–Crippen LogP) is 3.30. The SMILES string of the molecule is Cc1cc(C(=O)N(CCBr)CC(F)(F)F)ccc1[N+](=O)[O-]. The number of aryl methyl sites for hydroxylation is 1. The molecule has 0 unspecified atom stereocenters. The van der Waals surface area contributed by atoms with Gasteiger partial charge in [0.2, 0.25) is 0 Å². The number of benzene rings is 1. The van der Waals surface area contributed by atoms with Crippen molar-refractivity contribution in [1.82, 2.24) is 4.90 Å². The molecule has 0 saturated carbocycles. The number of amides is 1. The van der Waals surface area contributed by atoms with Crippen LogP contribution in [0.3, 0.4) is 0 Å². The molecule has 0 heterocycles. The molecule has 0 aliphatic heterocycles. The number of carbonyl (C=O) groups excluding carboxylic acids is 1. The van der Waals surface area contributed by atoms with Crippen LogP contribution in [0.15, 0.2) is 18.2 Å². The summed E-state index contributed by atoms with van der Waals surface area (Å²) in [6.07, 6.45) is -4.51. The molecular formula is C12H12BrF3N2O3. The van der Waals surface area contributed by atoms with Crippen LogP contribution in [0.1, 0.15) is 15.9 Å². The lowest BCUT2D eigenvalue weighted by atomic mass is 10.1. The molecule has 0 fully saturated rings. The van der Waals surface area contributed by atoms with Gasteiger partial charge >= 0.3 is 6.18 Å². The summed E-state index contributed by atoms with van der Waals surface area (Å²) in [6.45, 7) is -0.0602. The summed E-state index contributed by atoms with van der Waals surface area (Å²) < 4.78 is 37.4. The van der Waals surface area contributed by atoms with E-state index in [0.717, 1.165) is 12.1 Å². The molecule has 0 saturated heterocycles. The second-order valence-corrected chi connectivity index (χ2v) is 5.08. The first-order chi connectivity index (χ1) is 9.65. The second-order valence-electron chi connectivity index (χ2n) is 4.29. The summed E-state index contributed by atoms with van der Waals surface area (Å²) in [7, 11) is 0. The van der Waals surface area contributed by atoms with Gasteiger partial charge in [-0.2, -0.15) is 13.2 Å². The number of nitrogens with zero attached hydrogens (tertiary/aromatic N) is 2. The van der Waals surface area contributed by atoms with Crippen LogP contribution >= 0.6 is 15.9 Å². The van der Waals surface area contributed by atoms with E-state index in [0.29, 0.717) is 4.90 Å². The van der Waals surface area contributed by atoms with Gasteiger partial charge in [0.25, 0.3) is 11.6 Å². The van der Waals surface area contributed by atoms with Crippen molar-refractivity contribution in [2.24, 2.45) is 0 Å². The lowest BCUT2D eigenvalue weighted by Crippen LogP contribution is -2.40. The fraction of sp³-hybridized carbons (Fsp3) is 0.417. The Hall–Kier alpha value is -1.64. The summed E-state index contributed by atoms with van der Waals surface area (Å²) in [5.74, 6) is -0.815. The Kier molecular flexibility index (Phi) is 5.70. The van der Waals surface area contributed by atoms with Crippen LogP contribution in [0.25, 0.3) is 0 Å². The molecule has 9 heteroatoms. The van der Waals surface area contributed by atoms with Crippen LogP contribution in [0.2, 0.25) is 0 Å². The van der Waals surface area contributed by atoms with Crippen molar-refractivity contribution in [3.8, 4) is 0 Å². The van der Waals surface area contributed by atoms with Crippen molar-refractivity contribution >= 4 is 27.5 Å². The van der Waals surface area contributed by atoms with Gasteiger partial charge < -0.3 is 4.90 Å². The number of rotatable bonds is 5. The Balaban J connectivity index is 3.04. The number of alkyl halides is 4. The van der Waals surface area contributed by atoms with E-state index in [-0.39, 0.29) is 28.7 Å². The first-order valence-electron chi connectivity index (χ1n) is 5.82. The zero-order chi connectivity index (χ0) is 16.2. The van der Waals surface area contributed by atoms with Crippen molar-refractivity contribution in [2.75, 3.05) is 18.4 Å². The van der Waals surface area contributed by atoms with Crippen LogP contribution in [0.5, 0.6) is 0 Å². The summed E-state index contributed by atoms with van der Waals surface area (Å²) in [6, 6.07) is 3.49. The van der Waals surface area contributed by atoms with E-state index in [9.17, 15) is 28.1 Å². The number of halogens is 4. The van der Waals surface area contributed by atoms with Gasteiger partial charge in [-0.3, -0.25) is 14.9 Å². The van der Waals surface area contributed by atoms with Crippen molar-refractivity contribution in [2.45, 2.75) is 13.1 Å². The van der Waals surface area contributed by atoms with Crippen LogP contribution in [-0.4, -0.2) is 40.3 Å². The Labute approximate surface area is 127 Å². The Morgan fingerprint density at radius 2 is 2.05 bits per heavy atom. The minimum Gasteiger partial charge on any atom is -0.329 e. The van der Waals surface area contributed by atoms with Crippen molar-refractivity contribution < 1.29 is 22.9 Å². The highest BCUT2D eigenvalue weighted by molar-refractivity contribution is 9.09. The highest BCUT2D eigenvalue weighted by atomic mass is 79.9. The zero-order valence-corrected chi connectivity index (χ0v) is 12.6. The van der Waals surface area contributed by atoms with Crippen LogP contribution in [0, 0.1) is 17.0 Å². The number of carbonyl (C=O) groups is 1. The quantitative estimate of drug-likeness (QED) is 0.455. The van der Waals surface area contributed by atoms with Gasteiger partial charge in [0.05, 0.1) is 4.92 Å². The third kappa shape index (κ3) is 5.00. The van der Waals surface area contributed by atoms with E-state index in [1.165, 1.54) is 13.0 Å². The highest BCUT2D eigenvalue weighted by Crippen LogP contribution is 2.22. The molecule has 0 N–H and O–H groups in total. The van der Waals surface area contributed by atoms with Crippen molar-refractivity contribution in [3.63, 3.8) is 0 Å². The molecule has 0 spiro atoms. The van der Waals surface area contributed by atoms with Gasteiger partial charge in [-0.25, -0.2) is 0 Å². The number of nitro benzene ring substituents is 1. The molecule has 5 nitrogen and oxygen atoms in total. The van der Waals surface area contributed by atoms with E-state index < -0.39 is 23.6 Å². The van der Waals surface area contributed by atoms with Crippen LogP contribution in [-0.2, 0) is 0 Å². The smallest absolute Gasteiger partial charge is 0.329 e. The van der Waals surface area contributed by atoms with Crippen LogP contribution < -0.4 is 0 Å². The fourth-order valence-electron chi connectivity index (χ4n) is 1.75. The standard InChI is InChI=1S/C12H12BrF3N2O3/c1-8-6-9(2-3-10(8)18(20)21)11(19)17(5-4-13)7-12(14,15)16/h2-3,6H,4-5,7H2,1H3. The molecule has 0 radical (unpaired) electrons. The molecule has 0 aliphatic rings. The third-order valence-corrected chi connectivity index (χ3v) is 3.01. The normalized spacial score (nSPS) is 11.3. The lowest BCUT2D eigenvalue weighted by Gasteiger charge is -2.23. The average molecular weight is 369 g/mol. The van der Waals surface area contributed by atoms with E-state index in [2.05, 4.69) is 15.9 Å². The summed E-state index contributed by atoms with van der Waals surface area (Å²) in [5.41, 5.74) is 0.0226. The number of nitro groups is 1. The van der Waals surface area contributed by atoms with Gasteiger partial charge in [-0.15, -0.1) is 0 Å². The molecule has 0 bridgehead atoms. The molecule has 116 valence electrons. The van der Waals surface area contributed by atoms with E-state index in [1.54, 1.807) is 0 Å². The van der Waals surface area contributed by atoms with Crippen molar-refractivity contribution in [1.29, 1.82) is 0 Å².